The molecule has 0 amide bonds. The highest BCUT2D eigenvalue weighted by molar-refractivity contribution is 5.71. The highest BCUT2D eigenvalue weighted by Gasteiger charge is 2.19. The lowest BCUT2D eigenvalue weighted by Gasteiger charge is -2.18. The van der Waals surface area contributed by atoms with E-state index < -0.39 is 6.10 Å². The van der Waals surface area contributed by atoms with Crippen LogP contribution in [-0.2, 0) is 28.6 Å². The van der Waals surface area contributed by atoms with Gasteiger partial charge in [0, 0.05) is 19.3 Å². The van der Waals surface area contributed by atoms with Crippen molar-refractivity contribution in [2.24, 2.45) is 0 Å². The molecule has 0 heterocycles. The molecule has 1 unspecified atom stereocenters. The lowest BCUT2D eigenvalue weighted by molar-refractivity contribution is -0.166. The summed E-state index contributed by atoms with van der Waals surface area (Å²) in [6.45, 7) is 6.33. The minimum Gasteiger partial charge on any atom is -0.462 e. The summed E-state index contributed by atoms with van der Waals surface area (Å²) >= 11 is 0. The third kappa shape index (κ3) is 58.7. The molecule has 74 heavy (non-hydrogen) atoms. The Balaban J connectivity index is 4.38. The summed E-state index contributed by atoms with van der Waals surface area (Å²) in [5, 5.41) is 0. The van der Waals surface area contributed by atoms with Crippen molar-refractivity contribution in [1.29, 1.82) is 0 Å². The van der Waals surface area contributed by atoms with Crippen LogP contribution in [0, 0.1) is 0 Å². The van der Waals surface area contributed by atoms with Gasteiger partial charge in [0.25, 0.3) is 0 Å². The SMILES string of the molecule is CC/C=C\C/C=C\C/C=C\C/C=C\CCCCCCCCCCCCCCC(=O)OCC(COC(=O)CC/C=C\C/C=C\C/C=C\C/C=C\CC)OC(=O)CCCCCCCCC/C=C\C/C=C\CCCCCC. The minimum atomic E-state index is -0.815. The molecule has 1 atom stereocenters. The Hall–Kier alpha value is -4.19. The average Bonchev–Trinajstić information content (AvgIpc) is 3.40. The van der Waals surface area contributed by atoms with E-state index >= 15 is 0 Å². The minimum absolute atomic E-state index is 0.106. The van der Waals surface area contributed by atoms with Crippen LogP contribution < -0.4 is 0 Å². The van der Waals surface area contributed by atoms with Crippen molar-refractivity contribution in [2.75, 3.05) is 13.2 Å². The predicted molar refractivity (Wildman–Crippen MR) is 320 cm³/mol. The van der Waals surface area contributed by atoms with E-state index in [1.807, 2.05) is 6.08 Å². The van der Waals surface area contributed by atoms with Gasteiger partial charge in [-0.1, -0.05) is 258 Å². The van der Waals surface area contributed by atoms with E-state index in [2.05, 4.69) is 136 Å². The van der Waals surface area contributed by atoms with Gasteiger partial charge in [-0.3, -0.25) is 14.4 Å². The van der Waals surface area contributed by atoms with Crippen LogP contribution in [-0.4, -0.2) is 37.2 Å². The van der Waals surface area contributed by atoms with Gasteiger partial charge in [-0.15, -0.1) is 0 Å². The topological polar surface area (TPSA) is 78.9 Å². The Morgan fingerprint density at radius 2 is 0.554 bits per heavy atom. The number of unbranched alkanes of at least 4 members (excludes halogenated alkanes) is 23. The van der Waals surface area contributed by atoms with Gasteiger partial charge in [0.15, 0.2) is 6.10 Å². The first-order chi connectivity index (χ1) is 36.5. The van der Waals surface area contributed by atoms with Crippen molar-refractivity contribution < 1.29 is 28.6 Å². The van der Waals surface area contributed by atoms with Gasteiger partial charge in [0.05, 0.1) is 0 Å². The fourth-order valence-corrected chi connectivity index (χ4v) is 8.18. The first kappa shape index (κ1) is 69.8. The monoisotopic (exact) mass is 1020 g/mol. The van der Waals surface area contributed by atoms with Gasteiger partial charge in [0.1, 0.15) is 13.2 Å². The van der Waals surface area contributed by atoms with Crippen molar-refractivity contribution in [3.8, 4) is 0 Å². The number of esters is 3. The van der Waals surface area contributed by atoms with Crippen LogP contribution in [0.4, 0.5) is 0 Å². The number of allylic oxidation sites excluding steroid dienone is 20. The second-order valence-corrected chi connectivity index (χ2v) is 19.8. The third-order valence-corrected chi connectivity index (χ3v) is 12.7. The standard InChI is InChI=1S/C68H112O6/c1-4-7-10-13-16-19-22-25-27-29-31-32-33-34-35-36-37-39-40-43-46-49-52-55-58-61-67(70)73-64-65(63-72-66(69)60-57-54-51-48-45-42-24-21-18-15-12-9-6-3)74-68(71)62-59-56-53-50-47-44-41-38-30-28-26-23-20-17-14-11-8-5-2/h7,9-10,12,16,18-21,23,25,27-28,30-32,42,45,51,54,65H,4-6,8,11,13-15,17,22,24,26,29,33-41,43-44,46-50,52-53,55-64H2,1-3H3/b10-7-,12-9-,19-16-,21-18-,23-20-,27-25-,30-28-,32-31-,45-42-,54-51-. The molecule has 0 aliphatic rings. The highest BCUT2D eigenvalue weighted by atomic mass is 16.6. The molecule has 0 radical (unpaired) electrons. The summed E-state index contributed by atoms with van der Waals surface area (Å²) < 4.78 is 16.8. The Labute approximate surface area is 456 Å². The summed E-state index contributed by atoms with van der Waals surface area (Å²) in [4.78, 5) is 38.2. The van der Waals surface area contributed by atoms with E-state index in [0.29, 0.717) is 19.3 Å². The predicted octanol–water partition coefficient (Wildman–Crippen LogP) is 20.8. The normalized spacial score (nSPS) is 13.0. The van der Waals surface area contributed by atoms with Gasteiger partial charge in [-0.05, 0) is 116 Å². The quantitative estimate of drug-likeness (QED) is 0.0261. The summed E-state index contributed by atoms with van der Waals surface area (Å²) in [7, 11) is 0. The number of carbonyl (C=O) groups is 3. The van der Waals surface area contributed by atoms with E-state index in [9.17, 15) is 14.4 Å². The molecule has 0 aromatic heterocycles. The summed E-state index contributed by atoms with van der Waals surface area (Å²) in [5.41, 5.74) is 0. The van der Waals surface area contributed by atoms with Gasteiger partial charge in [-0.25, -0.2) is 0 Å². The second kappa shape index (κ2) is 61.4. The van der Waals surface area contributed by atoms with Gasteiger partial charge < -0.3 is 14.2 Å². The summed E-state index contributed by atoms with van der Waals surface area (Å²) in [6, 6.07) is 0. The van der Waals surface area contributed by atoms with Crippen LogP contribution in [0.2, 0.25) is 0 Å². The zero-order valence-electron chi connectivity index (χ0n) is 48.1. The molecule has 420 valence electrons. The van der Waals surface area contributed by atoms with Crippen LogP contribution in [0.1, 0.15) is 271 Å². The summed E-state index contributed by atoms with van der Waals surface area (Å²) in [6.07, 6.45) is 85.0. The molecule has 0 fully saturated rings. The van der Waals surface area contributed by atoms with E-state index in [-0.39, 0.29) is 37.5 Å². The van der Waals surface area contributed by atoms with E-state index in [1.54, 1.807) is 0 Å². The van der Waals surface area contributed by atoms with Crippen LogP contribution in [0.3, 0.4) is 0 Å². The molecule has 0 spiro atoms. The number of carbonyl (C=O) groups excluding carboxylic acids is 3. The molecule has 0 aromatic carbocycles. The second-order valence-electron chi connectivity index (χ2n) is 19.8. The molecule has 0 saturated carbocycles. The van der Waals surface area contributed by atoms with Gasteiger partial charge in [0.2, 0.25) is 0 Å². The van der Waals surface area contributed by atoms with Crippen LogP contribution in [0.25, 0.3) is 0 Å². The summed E-state index contributed by atoms with van der Waals surface area (Å²) in [5.74, 6) is -0.999. The van der Waals surface area contributed by atoms with E-state index in [4.69, 9.17) is 14.2 Å². The highest BCUT2D eigenvalue weighted by Crippen LogP contribution is 2.15. The number of hydrogen-bond acceptors (Lipinski definition) is 6. The lowest BCUT2D eigenvalue weighted by Crippen LogP contribution is -2.30. The molecule has 0 aromatic rings. The zero-order valence-corrected chi connectivity index (χ0v) is 48.1. The largest absolute Gasteiger partial charge is 0.462 e. The number of hydrogen-bond donors (Lipinski definition) is 0. The van der Waals surface area contributed by atoms with Crippen molar-refractivity contribution in [1.82, 2.24) is 0 Å². The molecule has 0 N–H and O–H groups in total. The Morgan fingerprint density at radius 1 is 0.284 bits per heavy atom. The smallest absolute Gasteiger partial charge is 0.306 e. The van der Waals surface area contributed by atoms with Crippen molar-refractivity contribution >= 4 is 17.9 Å². The van der Waals surface area contributed by atoms with Crippen molar-refractivity contribution in [3.05, 3.63) is 122 Å². The van der Waals surface area contributed by atoms with Crippen molar-refractivity contribution in [2.45, 2.75) is 277 Å². The average molecular weight is 1030 g/mol. The molecule has 6 nitrogen and oxygen atoms in total. The van der Waals surface area contributed by atoms with E-state index in [0.717, 1.165) is 103 Å². The number of ether oxygens (including phenoxy) is 3. The lowest BCUT2D eigenvalue weighted by atomic mass is 10.0. The van der Waals surface area contributed by atoms with Crippen molar-refractivity contribution in [3.63, 3.8) is 0 Å². The molecule has 0 rings (SSSR count). The number of rotatable bonds is 54. The fourth-order valence-electron chi connectivity index (χ4n) is 8.18. The van der Waals surface area contributed by atoms with Crippen LogP contribution in [0.15, 0.2) is 122 Å². The van der Waals surface area contributed by atoms with Crippen LogP contribution >= 0.6 is 0 Å². The van der Waals surface area contributed by atoms with Gasteiger partial charge >= 0.3 is 17.9 Å². The van der Waals surface area contributed by atoms with Crippen LogP contribution in [0.5, 0.6) is 0 Å². The molecule has 0 bridgehead atoms. The zero-order chi connectivity index (χ0) is 53.6. The molecular formula is C68H112O6. The molecular weight excluding hydrogens is 913 g/mol. The van der Waals surface area contributed by atoms with Gasteiger partial charge in [-0.2, -0.15) is 0 Å². The maximum absolute atomic E-state index is 12.9. The Kier molecular flexibility index (Phi) is 57.9. The first-order valence-corrected chi connectivity index (χ1v) is 30.5. The molecule has 6 heteroatoms. The maximum Gasteiger partial charge on any atom is 0.306 e. The Morgan fingerprint density at radius 3 is 0.905 bits per heavy atom. The fraction of sp³-hybridized carbons (Fsp3) is 0.662. The molecule has 0 saturated heterocycles. The van der Waals surface area contributed by atoms with E-state index in [1.165, 1.54) is 122 Å². The molecule has 0 aliphatic carbocycles. The third-order valence-electron chi connectivity index (χ3n) is 12.7. The maximum atomic E-state index is 12.9. The first-order valence-electron chi connectivity index (χ1n) is 30.5. The molecule has 0 aliphatic heterocycles. The Bertz CT molecular complexity index is 1550.